The molecule has 0 aliphatic carbocycles. The molecule has 0 radical (unpaired) electrons. The fraction of sp³-hybridized carbons (Fsp3) is 0.375. The molecule has 7 heteroatoms. The van der Waals surface area contributed by atoms with Gasteiger partial charge in [-0.3, -0.25) is 14.5 Å². The maximum Gasteiger partial charge on any atom is 0.261 e. The van der Waals surface area contributed by atoms with E-state index in [1.54, 1.807) is 12.1 Å². The monoisotopic (exact) mass is 379 g/mol. The minimum Gasteiger partial charge on any atom is -0.379 e. The van der Waals surface area contributed by atoms with E-state index in [1.807, 2.05) is 12.1 Å². The maximum atomic E-state index is 12.2. The Morgan fingerprint density at radius 2 is 2.09 bits per heavy atom. The highest BCUT2D eigenvalue weighted by Gasteiger charge is 2.13. The van der Waals surface area contributed by atoms with Crippen LogP contribution in [0.4, 0.5) is 0 Å². The molecule has 1 fully saturated rings. The van der Waals surface area contributed by atoms with Crippen molar-refractivity contribution in [2.45, 2.75) is 0 Å². The summed E-state index contributed by atoms with van der Waals surface area (Å²) in [5.41, 5.74) is 0.476. The van der Waals surface area contributed by atoms with E-state index in [0.29, 0.717) is 12.1 Å². The predicted octanol–water partition coefficient (Wildman–Crippen LogP) is 1.35. The smallest absolute Gasteiger partial charge is 0.261 e. The van der Waals surface area contributed by atoms with E-state index in [-0.39, 0.29) is 17.0 Å². The third-order valence-corrected chi connectivity index (χ3v) is 4.36. The van der Waals surface area contributed by atoms with Crippen molar-refractivity contribution in [3.63, 3.8) is 0 Å². The van der Waals surface area contributed by atoms with Crippen LogP contribution in [-0.2, 0) is 4.74 Å². The normalized spacial score (nSPS) is 15.7. The minimum absolute atomic E-state index is 0.137. The molecule has 23 heavy (non-hydrogen) atoms. The maximum absolute atomic E-state index is 12.2. The van der Waals surface area contributed by atoms with Crippen LogP contribution in [0.1, 0.15) is 10.4 Å². The number of nitrogens with zero attached hydrogens (tertiary/aromatic N) is 1. The third-order valence-electron chi connectivity index (χ3n) is 3.87. The molecule has 1 aliphatic heterocycles. The Morgan fingerprint density at radius 3 is 2.87 bits per heavy atom. The third kappa shape index (κ3) is 3.99. The van der Waals surface area contributed by atoms with E-state index in [2.05, 4.69) is 31.1 Å². The Bertz CT molecular complexity index is 769. The van der Waals surface area contributed by atoms with Crippen molar-refractivity contribution in [3.8, 4) is 0 Å². The van der Waals surface area contributed by atoms with Crippen LogP contribution >= 0.6 is 15.9 Å². The number of amides is 1. The molecule has 2 heterocycles. The molecule has 122 valence electrons. The number of H-pyrrole nitrogens is 1. The van der Waals surface area contributed by atoms with E-state index < -0.39 is 0 Å². The number of rotatable bonds is 4. The summed E-state index contributed by atoms with van der Waals surface area (Å²) >= 11 is 3.39. The summed E-state index contributed by atoms with van der Waals surface area (Å²) in [4.78, 5) is 29.3. The van der Waals surface area contributed by atoms with E-state index in [4.69, 9.17) is 4.74 Å². The minimum atomic E-state index is -0.372. The zero-order valence-corrected chi connectivity index (χ0v) is 14.2. The quantitative estimate of drug-likeness (QED) is 0.840. The average molecular weight is 380 g/mol. The van der Waals surface area contributed by atoms with Crippen LogP contribution in [0.2, 0.25) is 0 Å². The van der Waals surface area contributed by atoms with Crippen LogP contribution in [0.25, 0.3) is 10.9 Å². The van der Waals surface area contributed by atoms with E-state index >= 15 is 0 Å². The first-order valence-corrected chi connectivity index (χ1v) is 8.34. The number of benzene rings is 1. The van der Waals surface area contributed by atoms with Gasteiger partial charge in [-0.15, -0.1) is 0 Å². The summed E-state index contributed by atoms with van der Waals surface area (Å²) in [5.74, 6) is -0.346. The standard InChI is InChI=1S/C16H18BrN3O3/c17-12-1-2-14-11(9-12)10-13(16(22)19-14)15(21)18-3-4-20-5-7-23-8-6-20/h1-2,9-10H,3-8H2,(H,18,21)(H,19,22). The van der Waals surface area contributed by atoms with Gasteiger partial charge in [0.2, 0.25) is 0 Å². The van der Waals surface area contributed by atoms with E-state index in [1.165, 1.54) is 0 Å². The second-order valence-corrected chi connectivity index (χ2v) is 6.37. The number of morpholine rings is 1. The van der Waals surface area contributed by atoms with Gasteiger partial charge in [0, 0.05) is 41.6 Å². The number of halogens is 1. The summed E-state index contributed by atoms with van der Waals surface area (Å²) in [6.45, 7) is 4.47. The Labute approximate surface area is 141 Å². The van der Waals surface area contributed by atoms with Gasteiger partial charge < -0.3 is 15.0 Å². The number of carbonyl (C=O) groups is 1. The number of fused-ring (bicyclic) bond motifs is 1. The van der Waals surface area contributed by atoms with Gasteiger partial charge in [-0.1, -0.05) is 15.9 Å². The second kappa shape index (κ2) is 7.25. The summed E-state index contributed by atoms with van der Waals surface area (Å²) in [7, 11) is 0. The molecule has 3 rings (SSSR count). The molecule has 1 saturated heterocycles. The molecule has 0 bridgehead atoms. The van der Waals surface area contributed by atoms with Crippen LogP contribution in [0, 0.1) is 0 Å². The van der Waals surface area contributed by atoms with Crippen LogP contribution in [0.3, 0.4) is 0 Å². The zero-order chi connectivity index (χ0) is 16.2. The van der Waals surface area contributed by atoms with Crippen molar-refractivity contribution in [1.82, 2.24) is 15.2 Å². The summed E-state index contributed by atoms with van der Waals surface area (Å²) in [6, 6.07) is 7.15. The Morgan fingerprint density at radius 1 is 1.30 bits per heavy atom. The van der Waals surface area contributed by atoms with E-state index in [9.17, 15) is 9.59 Å². The summed E-state index contributed by atoms with van der Waals surface area (Å²) in [6.07, 6.45) is 0. The topological polar surface area (TPSA) is 74.4 Å². The summed E-state index contributed by atoms with van der Waals surface area (Å²) in [5, 5.41) is 3.63. The molecule has 6 nitrogen and oxygen atoms in total. The van der Waals surface area contributed by atoms with Gasteiger partial charge in [0.1, 0.15) is 5.56 Å². The molecule has 0 atom stereocenters. The SMILES string of the molecule is O=C(NCCN1CCOCC1)c1cc2cc(Br)ccc2[nH]c1=O. The van der Waals surface area contributed by atoms with Crippen molar-refractivity contribution >= 4 is 32.7 Å². The highest BCUT2D eigenvalue weighted by atomic mass is 79.9. The molecule has 1 amide bonds. The van der Waals surface area contributed by atoms with Crippen molar-refractivity contribution in [1.29, 1.82) is 0 Å². The number of hydrogen-bond acceptors (Lipinski definition) is 4. The summed E-state index contributed by atoms with van der Waals surface area (Å²) < 4.78 is 6.18. The van der Waals surface area contributed by atoms with Crippen molar-refractivity contribution in [2.75, 3.05) is 39.4 Å². The van der Waals surface area contributed by atoms with E-state index in [0.717, 1.165) is 42.7 Å². The van der Waals surface area contributed by atoms with Crippen molar-refractivity contribution in [2.24, 2.45) is 0 Å². The molecule has 1 aromatic carbocycles. The van der Waals surface area contributed by atoms with Gasteiger partial charge >= 0.3 is 0 Å². The molecule has 1 aromatic heterocycles. The lowest BCUT2D eigenvalue weighted by Crippen LogP contribution is -2.42. The fourth-order valence-electron chi connectivity index (χ4n) is 2.59. The molecule has 0 unspecified atom stereocenters. The fourth-order valence-corrected chi connectivity index (χ4v) is 2.97. The second-order valence-electron chi connectivity index (χ2n) is 5.45. The van der Waals surface area contributed by atoms with Crippen molar-refractivity contribution in [3.05, 3.63) is 44.7 Å². The van der Waals surface area contributed by atoms with Gasteiger partial charge in [0.15, 0.2) is 0 Å². The Hall–Kier alpha value is -1.70. The Balaban J connectivity index is 1.67. The van der Waals surface area contributed by atoms with Crippen LogP contribution < -0.4 is 10.9 Å². The number of aromatic nitrogens is 1. The average Bonchev–Trinajstić information content (AvgIpc) is 2.55. The van der Waals surface area contributed by atoms with Gasteiger partial charge in [-0.2, -0.15) is 0 Å². The lowest BCUT2D eigenvalue weighted by Gasteiger charge is -2.26. The lowest BCUT2D eigenvalue weighted by atomic mass is 10.1. The molecule has 2 aromatic rings. The highest BCUT2D eigenvalue weighted by molar-refractivity contribution is 9.10. The molecule has 0 spiro atoms. The Kier molecular flexibility index (Phi) is 5.09. The number of aromatic amines is 1. The first kappa shape index (κ1) is 16.2. The van der Waals surface area contributed by atoms with Crippen LogP contribution in [0.5, 0.6) is 0 Å². The predicted molar refractivity (Wildman–Crippen MR) is 91.9 cm³/mol. The number of pyridine rings is 1. The van der Waals surface area contributed by atoms with Crippen LogP contribution in [0.15, 0.2) is 33.5 Å². The number of carbonyl (C=O) groups excluding carboxylic acids is 1. The first-order valence-electron chi connectivity index (χ1n) is 7.54. The largest absolute Gasteiger partial charge is 0.379 e. The highest BCUT2D eigenvalue weighted by Crippen LogP contribution is 2.17. The van der Waals surface area contributed by atoms with Crippen LogP contribution in [-0.4, -0.2) is 55.2 Å². The molecular weight excluding hydrogens is 362 g/mol. The number of nitrogens with one attached hydrogen (secondary N) is 2. The molecular formula is C16H18BrN3O3. The molecule has 1 aliphatic rings. The van der Waals surface area contributed by atoms with Gasteiger partial charge in [-0.25, -0.2) is 0 Å². The first-order chi connectivity index (χ1) is 11.1. The number of hydrogen-bond donors (Lipinski definition) is 2. The molecule has 0 saturated carbocycles. The van der Waals surface area contributed by atoms with Gasteiger partial charge in [0.05, 0.1) is 13.2 Å². The van der Waals surface area contributed by atoms with Crippen molar-refractivity contribution < 1.29 is 9.53 Å². The lowest BCUT2D eigenvalue weighted by molar-refractivity contribution is 0.0383. The zero-order valence-electron chi connectivity index (χ0n) is 12.6. The molecule has 2 N–H and O–H groups in total. The number of ether oxygens (including phenoxy) is 1. The van der Waals surface area contributed by atoms with Gasteiger partial charge in [-0.05, 0) is 24.3 Å². The van der Waals surface area contributed by atoms with Gasteiger partial charge in [0.25, 0.3) is 11.5 Å².